The van der Waals surface area contributed by atoms with Crippen molar-refractivity contribution in [1.82, 2.24) is 5.16 Å². The minimum atomic E-state index is -0.847. The van der Waals surface area contributed by atoms with Crippen LogP contribution in [0.4, 0.5) is 5.82 Å². The number of carbonyl (C=O) groups is 2. The highest BCUT2D eigenvalue weighted by Crippen LogP contribution is 2.42. The van der Waals surface area contributed by atoms with Crippen molar-refractivity contribution in [3.8, 4) is 0 Å². The summed E-state index contributed by atoms with van der Waals surface area (Å²) in [6.45, 7) is 8.07. The first-order chi connectivity index (χ1) is 16.6. The van der Waals surface area contributed by atoms with Gasteiger partial charge in [0, 0.05) is 11.6 Å². The molecule has 1 aliphatic heterocycles. The van der Waals surface area contributed by atoms with Gasteiger partial charge in [-0.15, -0.1) is 0 Å². The number of amides is 1. The van der Waals surface area contributed by atoms with E-state index in [1.54, 1.807) is 19.1 Å². The Labute approximate surface area is 203 Å². The Morgan fingerprint density at radius 2 is 1.63 bits per heavy atom. The molecule has 1 saturated heterocycles. The number of aliphatic hydroxyl groups is 1. The predicted molar refractivity (Wildman–Crippen MR) is 135 cm³/mol. The minimum Gasteiger partial charge on any atom is -0.507 e. The Balaban J connectivity index is 1.70. The fraction of sp³-hybridized carbons (Fsp3) is 0.207. The van der Waals surface area contributed by atoms with Crippen molar-refractivity contribution in [2.24, 2.45) is 0 Å². The van der Waals surface area contributed by atoms with Crippen LogP contribution in [0, 0.1) is 6.92 Å². The molecule has 1 aromatic heterocycles. The van der Waals surface area contributed by atoms with E-state index in [4.69, 9.17) is 4.52 Å². The normalized spacial score (nSPS) is 17.9. The van der Waals surface area contributed by atoms with Crippen LogP contribution in [0.2, 0.25) is 0 Å². The lowest BCUT2D eigenvalue weighted by molar-refractivity contribution is -0.132. The molecular formula is C29H26N2O4. The van der Waals surface area contributed by atoms with E-state index in [1.807, 2.05) is 60.7 Å². The standard InChI is InChI=1S/C29H26N2O4/c1-17-15-23(30-35-17)31-25(19-11-13-22(14-12-19)29(2,3)4)24(27(33)28(31)34)26(32)21-10-9-18-7-5-6-8-20(18)16-21/h5-16,25,32H,1-4H3/b26-24+/t25-/m0/s1. The lowest BCUT2D eigenvalue weighted by Gasteiger charge is -2.24. The van der Waals surface area contributed by atoms with Crippen molar-refractivity contribution in [1.29, 1.82) is 0 Å². The fourth-order valence-corrected chi connectivity index (χ4v) is 4.51. The summed E-state index contributed by atoms with van der Waals surface area (Å²) in [6, 6.07) is 21.7. The first-order valence-corrected chi connectivity index (χ1v) is 11.5. The zero-order chi connectivity index (χ0) is 24.9. The number of Topliss-reactive ketones (excluding diaryl/α,β-unsaturated/α-hetero) is 1. The number of fused-ring (bicyclic) bond motifs is 1. The molecule has 0 aliphatic carbocycles. The summed E-state index contributed by atoms with van der Waals surface area (Å²) in [5, 5.41) is 17.3. The van der Waals surface area contributed by atoms with Crippen molar-refractivity contribution in [3.63, 3.8) is 0 Å². The number of anilines is 1. The van der Waals surface area contributed by atoms with E-state index in [0.29, 0.717) is 16.9 Å². The van der Waals surface area contributed by atoms with E-state index in [9.17, 15) is 14.7 Å². The van der Waals surface area contributed by atoms with Crippen LogP contribution >= 0.6 is 0 Å². The van der Waals surface area contributed by atoms with Gasteiger partial charge in [0.2, 0.25) is 0 Å². The van der Waals surface area contributed by atoms with Gasteiger partial charge in [0.25, 0.3) is 5.78 Å². The van der Waals surface area contributed by atoms with Crippen LogP contribution in [0.25, 0.3) is 16.5 Å². The van der Waals surface area contributed by atoms with Gasteiger partial charge in [-0.3, -0.25) is 14.5 Å². The topological polar surface area (TPSA) is 83.6 Å². The SMILES string of the molecule is Cc1cc(N2C(=O)C(=O)/C(=C(/O)c3ccc4ccccc4c3)[C@@H]2c2ccc(C(C)(C)C)cc2)no1. The lowest BCUT2D eigenvalue weighted by atomic mass is 9.85. The third-order valence-electron chi connectivity index (χ3n) is 6.42. The van der Waals surface area contributed by atoms with Gasteiger partial charge in [-0.05, 0) is 40.3 Å². The van der Waals surface area contributed by atoms with Crippen LogP contribution in [-0.2, 0) is 15.0 Å². The maximum atomic E-state index is 13.3. The third kappa shape index (κ3) is 3.91. The van der Waals surface area contributed by atoms with E-state index in [0.717, 1.165) is 16.3 Å². The third-order valence-corrected chi connectivity index (χ3v) is 6.42. The van der Waals surface area contributed by atoms with Crippen molar-refractivity contribution in [2.45, 2.75) is 39.2 Å². The number of aliphatic hydroxyl groups excluding tert-OH is 1. The number of aryl methyl sites for hydroxylation is 1. The number of aromatic nitrogens is 1. The molecule has 0 radical (unpaired) electrons. The molecule has 1 amide bonds. The molecule has 1 fully saturated rings. The smallest absolute Gasteiger partial charge is 0.301 e. The number of rotatable bonds is 3. The maximum Gasteiger partial charge on any atom is 0.301 e. The molecule has 6 heteroatoms. The zero-order valence-electron chi connectivity index (χ0n) is 20.1. The first-order valence-electron chi connectivity index (χ1n) is 11.5. The molecule has 1 atom stereocenters. The fourth-order valence-electron chi connectivity index (χ4n) is 4.51. The van der Waals surface area contributed by atoms with Crippen LogP contribution in [0.5, 0.6) is 0 Å². The monoisotopic (exact) mass is 466 g/mol. The molecule has 2 heterocycles. The zero-order valence-corrected chi connectivity index (χ0v) is 20.1. The van der Waals surface area contributed by atoms with E-state index in [2.05, 4.69) is 25.9 Å². The van der Waals surface area contributed by atoms with Gasteiger partial charge < -0.3 is 9.63 Å². The molecule has 0 unspecified atom stereocenters. The molecule has 0 spiro atoms. The molecular weight excluding hydrogens is 440 g/mol. The molecule has 0 saturated carbocycles. The van der Waals surface area contributed by atoms with Gasteiger partial charge in [-0.25, -0.2) is 0 Å². The number of nitrogens with zero attached hydrogens (tertiary/aromatic N) is 2. The molecule has 176 valence electrons. The average molecular weight is 467 g/mol. The molecule has 3 aromatic carbocycles. The Bertz CT molecular complexity index is 1490. The van der Waals surface area contributed by atoms with E-state index < -0.39 is 17.7 Å². The predicted octanol–water partition coefficient (Wildman–Crippen LogP) is 6.06. The van der Waals surface area contributed by atoms with E-state index in [-0.39, 0.29) is 22.6 Å². The van der Waals surface area contributed by atoms with Crippen LogP contribution < -0.4 is 4.90 Å². The summed E-state index contributed by atoms with van der Waals surface area (Å²) in [4.78, 5) is 27.9. The largest absolute Gasteiger partial charge is 0.507 e. The van der Waals surface area contributed by atoms with E-state index >= 15 is 0 Å². The number of ketones is 1. The van der Waals surface area contributed by atoms with Gasteiger partial charge in [0.1, 0.15) is 11.5 Å². The molecule has 1 N–H and O–H groups in total. The second-order valence-corrected chi connectivity index (χ2v) is 9.90. The summed E-state index contributed by atoms with van der Waals surface area (Å²) >= 11 is 0. The van der Waals surface area contributed by atoms with Crippen LogP contribution in [0.15, 0.2) is 82.9 Å². The molecule has 1 aliphatic rings. The highest BCUT2D eigenvalue weighted by molar-refractivity contribution is 6.51. The van der Waals surface area contributed by atoms with Crippen molar-refractivity contribution in [3.05, 3.63) is 101 Å². The molecule has 0 bridgehead atoms. The molecule has 35 heavy (non-hydrogen) atoms. The second kappa shape index (κ2) is 8.24. The average Bonchev–Trinajstić information content (AvgIpc) is 3.38. The van der Waals surface area contributed by atoms with Crippen molar-refractivity contribution >= 4 is 34.0 Å². The van der Waals surface area contributed by atoms with Gasteiger partial charge in [-0.1, -0.05) is 86.6 Å². The lowest BCUT2D eigenvalue weighted by Crippen LogP contribution is -2.29. The van der Waals surface area contributed by atoms with Gasteiger partial charge in [-0.2, -0.15) is 0 Å². The maximum absolute atomic E-state index is 13.3. The van der Waals surface area contributed by atoms with E-state index in [1.165, 1.54) is 4.90 Å². The second-order valence-electron chi connectivity index (χ2n) is 9.90. The Hall–Kier alpha value is -4.19. The van der Waals surface area contributed by atoms with Crippen LogP contribution in [0.1, 0.15) is 49.3 Å². The Morgan fingerprint density at radius 1 is 0.943 bits per heavy atom. The summed E-state index contributed by atoms with van der Waals surface area (Å²) in [5.74, 6) is -1.00. The first kappa shape index (κ1) is 22.6. The summed E-state index contributed by atoms with van der Waals surface area (Å²) in [6.07, 6.45) is 0. The summed E-state index contributed by atoms with van der Waals surface area (Å²) in [7, 11) is 0. The number of carbonyl (C=O) groups excluding carboxylic acids is 2. The van der Waals surface area contributed by atoms with Gasteiger partial charge in [0.15, 0.2) is 5.82 Å². The quantitative estimate of drug-likeness (QED) is 0.225. The molecule has 6 nitrogen and oxygen atoms in total. The highest BCUT2D eigenvalue weighted by Gasteiger charge is 2.48. The van der Waals surface area contributed by atoms with Gasteiger partial charge in [0.05, 0.1) is 11.6 Å². The number of hydrogen-bond acceptors (Lipinski definition) is 5. The number of benzene rings is 3. The van der Waals surface area contributed by atoms with Crippen molar-refractivity contribution in [2.75, 3.05) is 4.90 Å². The molecule has 4 aromatic rings. The van der Waals surface area contributed by atoms with Crippen LogP contribution in [0.3, 0.4) is 0 Å². The highest BCUT2D eigenvalue weighted by atomic mass is 16.5. The number of hydrogen-bond donors (Lipinski definition) is 1. The van der Waals surface area contributed by atoms with Gasteiger partial charge >= 0.3 is 5.91 Å². The molecule has 5 rings (SSSR count). The Morgan fingerprint density at radius 3 is 2.26 bits per heavy atom. The van der Waals surface area contributed by atoms with Crippen LogP contribution in [-0.4, -0.2) is 22.0 Å². The summed E-state index contributed by atoms with van der Waals surface area (Å²) < 4.78 is 5.20. The van der Waals surface area contributed by atoms with Crippen molar-refractivity contribution < 1.29 is 19.2 Å². The summed E-state index contributed by atoms with van der Waals surface area (Å²) in [5.41, 5.74) is 2.24. The Kier molecular flexibility index (Phi) is 5.32. The minimum absolute atomic E-state index is 0.0226.